The van der Waals surface area contributed by atoms with Gasteiger partial charge in [0.05, 0.1) is 34.5 Å². The molecule has 1 aromatic heterocycles. The van der Waals surface area contributed by atoms with Crippen molar-refractivity contribution < 1.29 is 68.2 Å². The zero-order valence-electron chi connectivity index (χ0n) is 22.8. The summed E-state index contributed by atoms with van der Waals surface area (Å²) >= 11 is 0. The Kier molecular flexibility index (Phi) is 8.75. The number of ether oxygens (including phenoxy) is 7. The van der Waals surface area contributed by atoms with E-state index in [4.69, 9.17) is 37.6 Å². The third-order valence-corrected chi connectivity index (χ3v) is 7.23. The van der Waals surface area contributed by atoms with Crippen LogP contribution in [0.15, 0.2) is 33.5 Å². The maximum Gasteiger partial charge on any atom is 0.229 e. The number of hydrogen-bond acceptors (Lipinski definition) is 15. The summed E-state index contributed by atoms with van der Waals surface area (Å²) in [7, 11) is 4.21. The van der Waals surface area contributed by atoms with Gasteiger partial charge in [0, 0.05) is 24.3 Å². The summed E-state index contributed by atoms with van der Waals surface area (Å²) in [6, 6.07) is 5.85. The second kappa shape index (κ2) is 12.2. The van der Waals surface area contributed by atoms with Crippen LogP contribution >= 0.6 is 0 Å². The first-order valence-corrected chi connectivity index (χ1v) is 12.9. The highest BCUT2D eigenvalue weighted by molar-refractivity contribution is 5.97. The summed E-state index contributed by atoms with van der Waals surface area (Å²) < 4.78 is 44.2. The lowest BCUT2D eigenvalue weighted by Crippen LogP contribution is -2.61. The van der Waals surface area contributed by atoms with Crippen molar-refractivity contribution in [2.75, 3.05) is 34.5 Å². The standard InChI is InChI=1S/C27H32O15/c1-35-10-4-13(37-3)18-14(5-10)40-15-6-11(36-2)7-16(19(15)22(18)31)41-27-25(34)23(32)21(30)17(42-27)9-39-26-24(33)20(29)12(28)8-38-26/h4-7,12,17,20-21,23-30,32-34H,8-9H2,1-3H3/t12-,17-,20-,21-,23-,24+,25-,26-,27-/m0/s1. The molecule has 2 saturated heterocycles. The number of aliphatic hydroxyl groups is 6. The maximum absolute atomic E-state index is 13.8. The van der Waals surface area contributed by atoms with Crippen molar-refractivity contribution in [2.45, 2.75) is 55.3 Å². The van der Waals surface area contributed by atoms with Gasteiger partial charge in [-0.3, -0.25) is 4.79 Å². The number of fused-ring (bicyclic) bond motifs is 2. The Hall–Kier alpha value is -3.25. The molecule has 5 rings (SSSR count). The smallest absolute Gasteiger partial charge is 0.229 e. The predicted octanol–water partition coefficient (Wildman–Crippen LogP) is -1.39. The molecule has 0 spiro atoms. The Labute approximate surface area is 237 Å². The first kappa shape index (κ1) is 30.2. The molecule has 2 aliphatic heterocycles. The molecule has 3 heterocycles. The Morgan fingerprint density at radius 1 is 0.738 bits per heavy atom. The number of aliphatic hydroxyl groups excluding tert-OH is 6. The van der Waals surface area contributed by atoms with Gasteiger partial charge < -0.3 is 68.2 Å². The monoisotopic (exact) mass is 596 g/mol. The van der Waals surface area contributed by atoms with Crippen LogP contribution in [0.3, 0.4) is 0 Å². The third-order valence-electron chi connectivity index (χ3n) is 7.23. The Bertz CT molecular complexity index is 1470. The summed E-state index contributed by atoms with van der Waals surface area (Å²) in [5, 5.41) is 61.4. The fourth-order valence-corrected chi connectivity index (χ4v) is 4.87. The van der Waals surface area contributed by atoms with Crippen LogP contribution < -0.4 is 24.4 Å². The lowest BCUT2D eigenvalue weighted by atomic mass is 9.99. The van der Waals surface area contributed by atoms with E-state index in [1.807, 2.05) is 0 Å². The molecule has 6 N–H and O–H groups in total. The first-order chi connectivity index (χ1) is 20.1. The van der Waals surface area contributed by atoms with Crippen molar-refractivity contribution in [2.24, 2.45) is 0 Å². The molecule has 0 unspecified atom stereocenters. The second-order valence-electron chi connectivity index (χ2n) is 9.85. The zero-order valence-corrected chi connectivity index (χ0v) is 22.8. The van der Waals surface area contributed by atoms with Gasteiger partial charge in [-0.1, -0.05) is 0 Å². The topological polar surface area (TPSA) is 216 Å². The normalized spacial score (nSPS) is 31.7. The van der Waals surface area contributed by atoms with Crippen LogP contribution in [0.5, 0.6) is 23.0 Å². The highest BCUT2D eigenvalue weighted by Gasteiger charge is 2.46. The fraction of sp³-hybridized carbons (Fsp3) is 0.519. The molecule has 230 valence electrons. The molecule has 0 bridgehead atoms. The van der Waals surface area contributed by atoms with Gasteiger partial charge in [0.2, 0.25) is 11.7 Å². The number of benzene rings is 2. The van der Waals surface area contributed by atoms with Gasteiger partial charge in [-0.2, -0.15) is 0 Å². The minimum absolute atomic E-state index is 0.0535. The van der Waals surface area contributed by atoms with Crippen LogP contribution in [-0.4, -0.2) is 120 Å². The van der Waals surface area contributed by atoms with Gasteiger partial charge >= 0.3 is 0 Å². The lowest BCUT2D eigenvalue weighted by molar-refractivity contribution is -0.307. The van der Waals surface area contributed by atoms with Crippen molar-refractivity contribution >= 4 is 21.9 Å². The predicted molar refractivity (Wildman–Crippen MR) is 141 cm³/mol. The van der Waals surface area contributed by atoms with Gasteiger partial charge in [0.15, 0.2) is 6.29 Å². The van der Waals surface area contributed by atoms with E-state index >= 15 is 0 Å². The molecule has 15 heteroatoms. The van der Waals surface area contributed by atoms with E-state index in [1.54, 1.807) is 0 Å². The van der Waals surface area contributed by atoms with E-state index in [0.717, 1.165) is 0 Å². The van der Waals surface area contributed by atoms with Crippen LogP contribution in [-0.2, 0) is 14.2 Å². The molecule has 2 aliphatic rings. The zero-order chi connectivity index (χ0) is 30.3. The molecule has 0 amide bonds. The van der Waals surface area contributed by atoms with Gasteiger partial charge in [0.1, 0.15) is 87.7 Å². The molecule has 42 heavy (non-hydrogen) atoms. The highest BCUT2D eigenvalue weighted by Crippen LogP contribution is 2.37. The van der Waals surface area contributed by atoms with Crippen LogP contribution in [0.25, 0.3) is 21.9 Å². The van der Waals surface area contributed by atoms with Crippen LogP contribution in [0.4, 0.5) is 0 Å². The van der Waals surface area contributed by atoms with Crippen molar-refractivity contribution in [3.63, 3.8) is 0 Å². The van der Waals surface area contributed by atoms with Crippen LogP contribution in [0, 0.1) is 0 Å². The minimum atomic E-state index is -1.78. The van der Waals surface area contributed by atoms with Crippen molar-refractivity contribution in [3.8, 4) is 23.0 Å². The molecule has 9 atom stereocenters. The van der Waals surface area contributed by atoms with Crippen molar-refractivity contribution in [3.05, 3.63) is 34.5 Å². The van der Waals surface area contributed by atoms with E-state index in [0.29, 0.717) is 5.75 Å². The van der Waals surface area contributed by atoms with Gasteiger partial charge in [-0.25, -0.2) is 0 Å². The third kappa shape index (κ3) is 5.46. The number of rotatable bonds is 8. The first-order valence-electron chi connectivity index (χ1n) is 12.9. The van der Waals surface area contributed by atoms with E-state index < -0.39 is 67.3 Å². The molecule has 0 aliphatic carbocycles. The molecule has 0 radical (unpaired) electrons. The van der Waals surface area contributed by atoms with Crippen molar-refractivity contribution in [1.82, 2.24) is 0 Å². The molecule has 3 aromatic rings. The van der Waals surface area contributed by atoms with Crippen LogP contribution in [0.2, 0.25) is 0 Å². The minimum Gasteiger partial charge on any atom is -0.496 e. The summed E-state index contributed by atoms with van der Waals surface area (Å²) in [6.45, 7) is -0.804. The average molecular weight is 597 g/mol. The fourth-order valence-electron chi connectivity index (χ4n) is 4.87. The SMILES string of the molecule is COc1cc(OC)c2c(=O)c3c(O[C@H]4O[C@@H](CO[C@@H]5OC[C@H](O)[C@H](O)[C@H]5O)[C@H](O)[C@H](O)[C@@H]4O)cc(OC)cc3oc2c1. The summed E-state index contributed by atoms with van der Waals surface area (Å²) in [5.74, 6) is 0.659. The lowest BCUT2D eigenvalue weighted by Gasteiger charge is -2.41. The largest absolute Gasteiger partial charge is 0.496 e. The van der Waals surface area contributed by atoms with Gasteiger partial charge in [-0.15, -0.1) is 0 Å². The van der Waals surface area contributed by atoms with E-state index in [9.17, 15) is 35.4 Å². The summed E-state index contributed by atoms with van der Waals surface area (Å²) in [5.41, 5.74) is -0.317. The maximum atomic E-state index is 13.8. The Morgan fingerprint density at radius 3 is 1.95 bits per heavy atom. The van der Waals surface area contributed by atoms with Crippen molar-refractivity contribution in [1.29, 1.82) is 0 Å². The van der Waals surface area contributed by atoms with Gasteiger partial charge in [0.25, 0.3) is 0 Å². The van der Waals surface area contributed by atoms with E-state index in [2.05, 4.69) is 0 Å². The molecular weight excluding hydrogens is 564 g/mol. The Balaban J connectivity index is 1.47. The average Bonchev–Trinajstić information content (AvgIpc) is 2.99. The molecule has 0 saturated carbocycles. The second-order valence-corrected chi connectivity index (χ2v) is 9.85. The quantitative estimate of drug-likeness (QED) is 0.165. The van der Waals surface area contributed by atoms with Crippen LogP contribution in [0.1, 0.15) is 0 Å². The Morgan fingerprint density at radius 2 is 1.33 bits per heavy atom. The number of methoxy groups -OCH3 is 3. The summed E-state index contributed by atoms with van der Waals surface area (Å²) in [6.07, 6.45) is -14.0. The number of hydrogen-bond donors (Lipinski definition) is 6. The highest BCUT2D eigenvalue weighted by atomic mass is 16.7. The molecule has 15 nitrogen and oxygen atoms in total. The molecular formula is C27H32O15. The van der Waals surface area contributed by atoms with E-state index in [1.165, 1.54) is 45.6 Å². The van der Waals surface area contributed by atoms with E-state index in [-0.39, 0.29) is 45.8 Å². The summed E-state index contributed by atoms with van der Waals surface area (Å²) in [4.78, 5) is 13.8. The van der Waals surface area contributed by atoms with Gasteiger partial charge in [-0.05, 0) is 0 Å². The molecule has 2 fully saturated rings. The molecule has 2 aromatic carbocycles.